The van der Waals surface area contributed by atoms with Crippen LogP contribution in [0.25, 0.3) is 0 Å². The Labute approximate surface area is 106 Å². The maximum Gasteiger partial charge on any atom is 0.328 e. The lowest BCUT2D eigenvalue weighted by Gasteiger charge is -2.32. The van der Waals surface area contributed by atoms with E-state index >= 15 is 0 Å². The third kappa shape index (κ3) is 4.15. The van der Waals surface area contributed by atoms with Gasteiger partial charge >= 0.3 is 12.0 Å². The number of aliphatic hydroxyl groups excluding tert-OH is 1. The Bertz CT molecular complexity index is 289. The fraction of sp³-hybridized carbons (Fsp3) is 0.818. The van der Waals surface area contributed by atoms with Gasteiger partial charge in [0.2, 0.25) is 0 Å². The molecule has 1 saturated heterocycles. The number of carbonyl (C=O) groups excluding carboxylic acids is 1. The second-order valence-electron chi connectivity index (χ2n) is 4.16. The normalized spacial score (nSPS) is 18.4. The molecule has 1 rings (SSSR count). The average Bonchev–Trinajstić information content (AvgIpc) is 2.36. The largest absolute Gasteiger partial charge is 0.480 e. The quantitative estimate of drug-likeness (QED) is 0.627. The van der Waals surface area contributed by atoms with Crippen LogP contribution >= 0.6 is 0 Å². The number of nitrogens with zero attached hydrogens (tertiary/aromatic N) is 1. The standard InChI is InChI=1S/C11H20N2O5/c1-2-18-8-3-5-13(6-4-8)11(17)12-9(7-14)10(15)16/h8-9,14H,2-7H2,1H3,(H,12,17)(H,15,16). The van der Waals surface area contributed by atoms with E-state index in [1.54, 1.807) is 4.90 Å². The van der Waals surface area contributed by atoms with E-state index in [0.717, 1.165) is 12.8 Å². The van der Waals surface area contributed by atoms with Gasteiger partial charge in [0.05, 0.1) is 12.7 Å². The van der Waals surface area contributed by atoms with Gasteiger partial charge in [-0.25, -0.2) is 9.59 Å². The predicted octanol–water partition coefficient (Wildman–Crippen LogP) is -0.358. The second kappa shape index (κ2) is 7.17. The number of rotatable bonds is 5. The topological polar surface area (TPSA) is 99.1 Å². The van der Waals surface area contributed by atoms with Crippen LogP contribution in [0.5, 0.6) is 0 Å². The Balaban J connectivity index is 2.38. The first-order chi connectivity index (χ1) is 8.58. The summed E-state index contributed by atoms with van der Waals surface area (Å²) in [4.78, 5) is 24.0. The van der Waals surface area contributed by atoms with Crippen molar-refractivity contribution >= 4 is 12.0 Å². The van der Waals surface area contributed by atoms with E-state index < -0.39 is 24.6 Å². The number of hydrogen-bond acceptors (Lipinski definition) is 4. The van der Waals surface area contributed by atoms with Crippen LogP contribution in [0, 0.1) is 0 Å². The first-order valence-corrected chi connectivity index (χ1v) is 6.09. The summed E-state index contributed by atoms with van der Waals surface area (Å²) in [6.07, 6.45) is 1.67. The molecule has 104 valence electrons. The number of amides is 2. The Morgan fingerprint density at radius 1 is 1.44 bits per heavy atom. The molecule has 3 N–H and O–H groups in total. The van der Waals surface area contributed by atoms with Crippen molar-refractivity contribution in [2.45, 2.75) is 31.9 Å². The van der Waals surface area contributed by atoms with E-state index in [4.69, 9.17) is 14.9 Å². The van der Waals surface area contributed by atoms with Gasteiger partial charge in [-0.15, -0.1) is 0 Å². The zero-order chi connectivity index (χ0) is 13.5. The molecule has 7 nitrogen and oxygen atoms in total. The number of aliphatic hydroxyl groups is 1. The zero-order valence-electron chi connectivity index (χ0n) is 10.5. The zero-order valence-corrected chi connectivity index (χ0v) is 10.5. The number of urea groups is 1. The van der Waals surface area contributed by atoms with Gasteiger partial charge in [0.25, 0.3) is 0 Å². The minimum Gasteiger partial charge on any atom is -0.480 e. The highest BCUT2D eigenvalue weighted by Crippen LogP contribution is 2.13. The first kappa shape index (κ1) is 14.7. The van der Waals surface area contributed by atoms with E-state index in [2.05, 4.69) is 5.32 Å². The molecule has 1 fully saturated rings. The van der Waals surface area contributed by atoms with Gasteiger partial charge < -0.3 is 25.2 Å². The van der Waals surface area contributed by atoms with Gasteiger partial charge in [-0.05, 0) is 19.8 Å². The molecule has 1 heterocycles. The van der Waals surface area contributed by atoms with E-state index in [-0.39, 0.29) is 6.10 Å². The van der Waals surface area contributed by atoms with Crippen LogP contribution in [0.15, 0.2) is 0 Å². The fourth-order valence-corrected chi connectivity index (χ4v) is 1.89. The summed E-state index contributed by atoms with van der Waals surface area (Å²) < 4.78 is 5.46. The summed E-state index contributed by atoms with van der Waals surface area (Å²) >= 11 is 0. The molecule has 7 heteroatoms. The minimum absolute atomic E-state index is 0.173. The SMILES string of the molecule is CCOC1CCN(C(=O)NC(CO)C(=O)O)CC1. The number of carboxylic acid groups (broad SMARTS) is 1. The van der Waals surface area contributed by atoms with Crippen LogP contribution in [0.2, 0.25) is 0 Å². The van der Waals surface area contributed by atoms with Crippen LogP contribution in [-0.2, 0) is 9.53 Å². The molecule has 0 saturated carbocycles. The molecule has 0 aliphatic carbocycles. The number of carboxylic acids is 1. The Hall–Kier alpha value is -1.34. The number of piperidine rings is 1. The first-order valence-electron chi connectivity index (χ1n) is 6.09. The molecule has 1 unspecified atom stereocenters. The van der Waals surface area contributed by atoms with Gasteiger partial charge in [-0.3, -0.25) is 0 Å². The highest BCUT2D eigenvalue weighted by molar-refractivity contribution is 5.82. The van der Waals surface area contributed by atoms with Crippen LogP contribution < -0.4 is 5.32 Å². The summed E-state index contributed by atoms with van der Waals surface area (Å²) in [6, 6.07) is -1.70. The molecule has 0 spiro atoms. The molecule has 1 atom stereocenters. The van der Waals surface area contributed by atoms with E-state index in [9.17, 15) is 9.59 Å². The van der Waals surface area contributed by atoms with Gasteiger partial charge in [0.15, 0.2) is 6.04 Å². The smallest absolute Gasteiger partial charge is 0.328 e. The summed E-state index contributed by atoms with van der Waals surface area (Å²) in [5.41, 5.74) is 0. The maximum absolute atomic E-state index is 11.7. The third-order valence-electron chi connectivity index (χ3n) is 2.91. The van der Waals surface area contributed by atoms with Crippen molar-refractivity contribution in [1.82, 2.24) is 10.2 Å². The van der Waals surface area contributed by atoms with E-state index in [1.165, 1.54) is 0 Å². The van der Waals surface area contributed by atoms with Crippen molar-refractivity contribution in [2.24, 2.45) is 0 Å². The molecule has 0 radical (unpaired) electrons. The van der Waals surface area contributed by atoms with Crippen LogP contribution in [-0.4, -0.2) is 65.6 Å². The Morgan fingerprint density at radius 2 is 2.06 bits per heavy atom. The number of carbonyl (C=O) groups is 2. The molecule has 18 heavy (non-hydrogen) atoms. The lowest BCUT2D eigenvalue weighted by Crippen LogP contribution is -2.52. The molecule has 1 aliphatic heterocycles. The highest BCUT2D eigenvalue weighted by atomic mass is 16.5. The van der Waals surface area contributed by atoms with Crippen molar-refractivity contribution in [1.29, 1.82) is 0 Å². The molecule has 0 aromatic rings. The van der Waals surface area contributed by atoms with Gasteiger partial charge in [-0.1, -0.05) is 0 Å². The van der Waals surface area contributed by atoms with Crippen molar-refractivity contribution in [3.05, 3.63) is 0 Å². The second-order valence-corrected chi connectivity index (χ2v) is 4.16. The molecule has 2 amide bonds. The van der Waals surface area contributed by atoms with Crippen LogP contribution in [0.3, 0.4) is 0 Å². The van der Waals surface area contributed by atoms with Crippen LogP contribution in [0.4, 0.5) is 4.79 Å². The van der Waals surface area contributed by atoms with E-state index in [0.29, 0.717) is 19.7 Å². The van der Waals surface area contributed by atoms with Crippen molar-refractivity contribution in [3.63, 3.8) is 0 Å². The maximum atomic E-state index is 11.7. The highest BCUT2D eigenvalue weighted by Gasteiger charge is 2.26. The van der Waals surface area contributed by atoms with E-state index in [1.807, 2.05) is 6.92 Å². The van der Waals surface area contributed by atoms with Crippen molar-refractivity contribution < 1.29 is 24.5 Å². The van der Waals surface area contributed by atoms with Gasteiger partial charge in [0, 0.05) is 19.7 Å². The monoisotopic (exact) mass is 260 g/mol. The molecule has 0 aromatic heterocycles. The lowest BCUT2D eigenvalue weighted by molar-refractivity contribution is -0.140. The number of likely N-dealkylation sites (tertiary alicyclic amines) is 1. The minimum atomic E-state index is -1.25. The van der Waals surface area contributed by atoms with Gasteiger partial charge in [0.1, 0.15) is 0 Å². The Morgan fingerprint density at radius 3 is 2.50 bits per heavy atom. The fourth-order valence-electron chi connectivity index (χ4n) is 1.89. The number of nitrogens with one attached hydrogen (secondary N) is 1. The summed E-state index contributed by atoms with van der Waals surface area (Å²) in [6.45, 7) is 3.04. The Kier molecular flexibility index (Phi) is 5.87. The van der Waals surface area contributed by atoms with Crippen molar-refractivity contribution in [2.75, 3.05) is 26.3 Å². The number of aliphatic carboxylic acids is 1. The summed E-state index contributed by atoms with van der Waals surface area (Å²) in [7, 11) is 0. The summed E-state index contributed by atoms with van der Waals surface area (Å²) in [5.74, 6) is -1.24. The third-order valence-corrected chi connectivity index (χ3v) is 2.91. The number of hydrogen-bond donors (Lipinski definition) is 3. The number of ether oxygens (including phenoxy) is 1. The molecule has 0 aromatic carbocycles. The molecule has 1 aliphatic rings. The van der Waals surface area contributed by atoms with Crippen molar-refractivity contribution in [3.8, 4) is 0 Å². The average molecular weight is 260 g/mol. The molecular weight excluding hydrogens is 240 g/mol. The van der Waals surface area contributed by atoms with Gasteiger partial charge in [-0.2, -0.15) is 0 Å². The summed E-state index contributed by atoms with van der Waals surface area (Å²) in [5, 5.41) is 19.8. The predicted molar refractivity (Wildman–Crippen MR) is 63.3 cm³/mol. The molecular formula is C11H20N2O5. The lowest BCUT2D eigenvalue weighted by atomic mass is 10.1. The van der Waals surface area contributed by atoms with Crippen LogP contribution in [0.1, 0.15) is 19.8 Å². The molecule has 0 bridgehead atoms.